The van der Waals surface area contributed by atoms with Gasteiger partial charge in [-0.25, -0.2) is 0 Å². The van der Waals surface area contributed by atoms with E-state index in [2.05, 4.69) is 55.4 Å². The van der Waals surface area contributed by atoms with Gasteiger partial charge in [-0.1, -0.05) is 60.7 Å². The molecule has 4 aromatic rings. The van der Waals surface area contributed by atoms with Gasteiger partial charge in [0.15, 0.2) is 0 Å². The summed E-state index contributed by atoms with van der Waals surface area (Å²) < 4.78 is 1.14. The molecule has 4 nitrogen and oxygen atoms in total. The molecule has 0 saturated heterocycles. The molecule has 0 aliphatic carbocycles. The van der Waals surface area contributed by atoms with Crippen LogP contribution in [0, 0.1) is 0 Å². The van der Waals surface area contributed by atoms with Crippen molar-refractivity contribution in [3.8, 4) is 0 Å². The molecule has 0 unspecified atom stereocenters. The average molecular weight is 674 g/mol. The minimum absolute atomic E-state index is 0. The van der Waals surface area contributed by atoms with Crippen LogP contribution in [0.1, 0.15) is 36.1 Å². The number of nitrogens with zero attached hydrogens (tertiary/aromatic N) is 4. The van der Waals surface area contributed by atoms with Gasteiger partial charge in [0.25, 0.3) is 0 Å². The van der Waals surface area contributed by atoms with Crippen LogP contribution in [0.2, 0.25) is 0 Å². The van der Waals surface area contributed by atoms with Gasteiger partial charge in [-0.3, -0.25) is 0 Å². The topological polar surface area (TPSA) is 49.4 Å². The van der Waals surface area contributed by atoms with E-state index < -0.39 is 0 Å². The third-order valence-corrected chi connectivity index (χ3v) is 8.70. The van der Waals surface area contributed by atoms with Gasteiger partial charge in [0.05, 0.1) is 11.4 Å². The maximum atomic E-state index is 5.19. The second-order valence-electron chi connectivity index (χ2n) is 7.68. The van der Waals surface area contributed by atoms with Crippen LogP contribution in [0.3, 0.4) is 0 Å². The second kappa shape index (κ2) is 19.3. The molecule has 39 heavy (non-hydrogen) atoms. The molecule has 205 valence electrons. The van der Waals surface area contributed by atoms with E-state index in [1.807, 2.05) is 73.1 Å². The van der Waals surface area contributed by atoms with Crippen molar-refractivity contribution in [3.63, 3.8) is 0 Å². The molecule has 0 bridgehead atoms. The minimum atomic E-state index is 0. The number of rotatable bonds is 8. The fraction of sp³-hybridized carbons (Fsp3) is 0.143. The van der Waals surface area contributed by atoms with Crippen molar-refractivity contribution in [2.24, 2.45) is 20.4 Å². The normalized spacial score (nSPS) is 12.4. The van der Waals surface area contributed by atoms with Gasteiger partial charge >= 0.3 is 17.1 Å². The van der Waals surface area contributed by atoms with Crippen molar-refractivity contribution in [1.82, 2.24) is 0 Å². The molecule has 0 N–H and O–H groups in total. The Balaban J connectivity index is 0.000000267. The van der Waals surface area contributed by atoms with Crippen LogP contribution in [-0.4, -0.2) is 20.2 Å². The summed E-state index contributed by atoms with van der Waals surface area (Å²) in [4.78, 5) is 0. The Morgan fingerprint density at radius 3 is 1.33 bits per heavy atom. The molecule has 2 heterocycles. The van der Waals surface area contributed by atoms with Crippen LogP contribution < -0.4 is 0 Å². The van der Waals surface area contributed by atoms with Gasteiger partial charge in [-0.05, 0) is 67.4 Å². The maximum absolute atomic E-state index is 5.19. The van der Waals surface area contributed by atoms with Crippen LogP contribution in [0.15, 0.2) is 115 Å². The SMILES string of the molecule is C/C(=N\N=C(/[S-])SCc1ccccc1)c1ccsc1.C/C(=N\N=C(/[S-])SCc1ccccc1)c1ccsc1.[Cu+2]. The Bertz CT molecular complexity index is 1230. The predicted octanol–water partition coefficient (Wildman–Crippen LogP) is 8.61. The Morgan fingerprint density at radius 1 is 0.615 bits per heavy atom. The van der Waals surface area contributed by atoms with E-state index in [1.54, 1.807) is 22.7 Å². The number of hydrogen-bond donors (Lipinski definition) is 0. The van der Waals surface area contributed by atoms with E-state index in [9.17, 15) is 0 Å². The minimum Gasteiger partial charge on any atom is -0.752 e. The van der Waals surface area contributed by atoms with Crippen LogP contribution in [0.25, 0.3) is 0 Å². The van der Waals surface area contributed by atoms with E-state index in [-0.39, 0.29) is 17.1 Å². The van der Waals surface area contributed by atoms with Gasteiger partial charge in [0.1, 0.15) is 0 Å². The fourth-order valence-electron chi connectivity index (χ4n) is 2.78. The summed E-state index contributed by atoms with van der Waals surface area (Å²) >= 11 is 16.7. The van der Waals surface area contributed by atoms with Crippen molar-refractivity contribution in [1.29, 1.82) is 0 Å². The predicted molar refractivity (Wildman–Crippen MR) is 178 cm³/mol. The molecule has 2 aromatic heterocycles. The third kappa shape index (κ3) is 13.4. The first-order chi connectivity index (χ1) is 18.5. The average Bonchev–Trinajstić information content (AvgIpc) is 3.69. The summed E-state index contributed by atoms with van der Waals surface area (Å²) in [5.41, 5.74) is 6.47. The van der Waals surface area contributed by atoms with Crippen molar-refractivity contribution in [2.75, 3.05) is 0 Å². The smallest absolute Gasteiger partial charge is 0.752 e. The largest absolute Gasteiger partial charge is 2.00 e. The van der Waals surface area contributed by atoms with Crippen molar-refractivity contribution in [2.45, 2.75) is 25.4 Å². The number of thioether (sulfide) groups is 2. The number of thiophene rings is 2. The first-order valence-electron chi connectivity index (χ1n) is 11.5. The summed E-state index contributed by atoms with van der Waals surface area (Å²) in [5, 5.41) is 24.6. The van der Waals surface area contributed by atoms with E-state index in [0.717, 1.165) is 34.1 Å². The summed E-state index contributed by atoms with van der Waals surface area (Å²) in [7, 11) is 0. The van der Waals surface area contributed by atoms with E-state index in [0.29, 0.717) is 8.75 Å². The monoisotopic (exact) mass is 673 g/mol. The van der Waals surface area contributed by atoms with Crippen LogP contribution >= 0.6 is 46.2 Å². The summed E-state index contributed by atoms with van der Waals surface area (Å²) in [5.74, 6) is 1.66. The zero-order chi connectivity index (χ0) is 27.0. The van der Waals surface area contributed by atoms with Gasteiger partial charge in [0, 0.05) is 22.6 Å². The first-order valence-corrected chi connectivity index (χ1v) is 16.2. The Kier molecular flexibility index (Phi) is 16.5. The molecule has 1 radical (unpaired) electrons. The van der Waals surface area contributed by atoms with Crippen molar-refractivity contribution < 1.29 is 17.1 Å². The van der Waals surface area contributed by atoms with Gasteiger partial charge in [0.2, 0.25) is 0 Å². The zero-order valence-corrected chi connectivity index (χ0v) is 27.0. The molecular weight excluding hydrogens is 648 g/mol. The molecular formula is C28H26CuN4S6. The third-order valence-electron chi connectivity index (χ3n) is 4.85. The van der Waals surface area contributed by atoms with Crippen molar-refractivity contribution in [3.05, 3.63) is 117 Å². The first kappa shape index (κ1) is 33.4. The van der Waals surface area contributed by atoms with Crippen molar-refractivity contribution >= 4 is 91.6 Å². The molecule has 2 aromatic carbocycles. The van der Waals surface area contributed by atoms with Crippen LogP contribution in [-0.2, 0) is 53.8 Å². The quantitative estimate of drug-likeness (QED) is 0.0618. The molecule has 4 rings (SSSR count). The van der Waals surface area contributed by atoms with Gasteiger partial charge in [-0.2, -0.15) is 43.1 Å². The van der Waals surface area contributed by atoms with Gasteiger partial charge in [-0.15, -0.1) is 23.5 Å². The van der Waals surface area contributed by atoms with Crippen LogP contribution in [0.4, 0.5) is 0 Å². The number of hydrogen-bond acceptors (Lipinski definition) is 10. The van der Waals surface area contributed by atoms with E-state index in [4.69, 9.17) is 25.3 Å². The second-order valence-corrected chi connectivity index (χ2v) is 12.5. The van der Waals surface area contributed by atoms with E-state index >= 15 is 0 Å². The Hall–Kier alpha value is -1.82. The molecule has 0 spiro atoms. The summed E-state index contributed by atoms with van der Waals surface area (Å²) in [6, 6.07) is 24.5. The molecule has 0 fully saturated rings. The summed E-state index contributed by atoms with van der Waals surface area (Å²) in [6.07, 6.45) is 0. The molecule has 11 heteroatoms. The number of benzene rings is 2. The zero-order valence-electron chi connectivity index (χ0n) is 21.2. The summed E-state index contributed by atoms with van der Waals surface area (Å²) in [6.45, 7) is 3.88. The van der Waals surface area contributed by atoms with Gasteiger partial charge < -0.3 is 25.3 Å². The Morgan fingerprint density at radius 2 is 1.00 bits per heavy atom. The molecule has 0 atom stereocenters. The molecule has 0 aliphatic rings. The van der Waals surface area contributed by atoms with Crippen LogP contribution in [0.5, 0.6) is 0 Å². The standard InChI is InChI=1S/2C14H14N2S3.Cu/c2*1-11(13-7-8-18-10-13)15-16-14(17)19-9-12-5-3-2-4-6-12;/h2*2-8,10H,9H2,1H3,(H,16,17);/q;;+2/p-2/b2*15-11+;. The Labute approximate surface area is 268 Å². The molecule has 0 saturated carbocycles. The molecule has 0 aliphatic heterocycles. The van der Waals surface area contributed by atoms with E-state index in [1.165, 1.54) is 34.7 Å². The maximum Gasteiger partial charge on any atom is 2.00 e. The molecule has 0 amide bonds. The fourth-order valence-corrected chi connectivity index (χ4v) is 5.78.